The molecule has 0 radical (unpaired) electrons. The lowest BCUT2D eigenvalue weighted by atomic mass is 10.0. The van der Waals surface area contributed by atoms with Gasteiger partial charge in [-0.2, -0.15) is 0 Å². The first-order valence-electron chi connectivity index (χ1n) is 4.62. The van der Waals surface area contributed by atoms with Crippen LogP contribution in [0.4, 0.5) is 0 Å². The maximum Gasteiger partial charge on any atom is 0.131 e. The zero-order valence-electron chi connectivity index (χ0n) is 7.50. The lowest BCUT2D eigenvalue weighted by molar-refractivity contribution is 0.482. The lowest BCUT2D eigenvalue weighted by Crippen LogP contribution is -1.85. The summed E-state index contributed by atoms with van der Waals surface area (Å²) in [7, 11) is 0. The molecule has 0 aromatic heterocycles. The molecule has 1 heteroatoms. The average molecular weight is 170 g/mol. The molecule has 3 aliphatic heterocycles. The molecule has 5 rings (SSSR count). The fourth-order valence-electron chi connectivity index (χ4n) is 2.00. The molecule has 3 aliphatic rings. The van der Waals surface area contributed by atoms with Crippen molar-refractivity contribution < 1.29 is 4.74 Å². The number of rotatable bonds is 1. The number of hydrogen-bond donors (Lipinski definition) is 0. The summed E-state index contributed by atoms with van der Waals surface area (Å²) in [5.41, 5.74) is 1.33. The highest BCUT2D eigenvalue weighted by Gasteiger charge is 2.13. The molecule has 0 fully saturated rings. The molecule has 1 nitrogen and oxygen atoms in total. The van der Waals surface area contributed by atoms with Gasteiger partial charge >= 0.3 is 0 Å². The summed E-state index contributed by atoms with van der Waals surface area (Å²) in [6.07, 6.45) is 1.03. The molecule has 2 aromatic rings. The van der Waals surface area contributed by atoms with Crippen molar-refractivity contribution in [2.45, 2.75) is 13.3 Å². The molecule has 0 aliphatic carbocycles. The first-order chi connectivity index (χ1) is 6.38. The second-order valence-electron chi connectivity index (χ2n) is 3.38. The molecular formula is C12H10O. The van der Waals surface area contributed by atoms with Crippen LogP contribution < -0.4 is 4.74 Å². The Morgan fingerprint density at radius 1 is 1.15 bits per heavy atom. The first kappa shape index (κ1) is 6.96. The Kier molecular flexibility index (Phi) is 1.21. The summed E-state index contributed by atoms with van der Waals surface area (Å²) in [4.78, 5) is 0. The Labute approximate surface area is 77.0 Å². The zero-order chi connectivity index (χ0) is 8.84. The average Bonchev–Trinajstić information content (AvgIpc) is 2.49. The number of ether oxygens (including phenoxy) is 1. The van der Waals surface area contributed by atoms with Gasteiger partial charge in [-0.05, 0) is 35.4 Å². The largest absolute Gasteiger partial charge is 0.457 e. The highest BCUT2D eigenvalue weighted by molar-refractivity contribution is 5.90. The van der Waals surface area contributed by atoms with E-state index < -0.39 is 0 Å². The standard InChI is InChI=1S/C12H10O/c1-2-10-11-5-4-9-7-8(11)3-6-12(10)13-9/h3-7H,2H2,1H3. The van der Waals surface area contributed by atoms with Crippen LogP contribution in [0.1, 0.15) is 12.5 Å². The van der Waals surface area contributed by atoms with Crippen molar-refractivity contribution in [3.8, 4) is 11.5 Å². The van der Waals surface area contributed by atoms with Crippen LogP contribution in [0, 0.1) is 0 Å². The van der Waals surface area contributed by atoms with Gasteiger partial charge in [0, 0.05) is 5.56 Å². The van der Waals surface area contributed by atoms with Crippen molar-refractivity contribution in [3.63, 3.8) is 0 Å². The molecule has 0 spiro atoms. The van der Waals surface area contributed by atoms with Crippen LogP contribution >= 0.6 is 0 Å². The van der Waals surface area contributed by atoms with Gasteiger partial charge in [-0.15, -0.1) is 0 Å². The van der Waals surface area contributed by atoms with E-state index >= 15 is 0 Å². The number of benzene rings is 2. The molecule has 0 unspecified atom stereocenters. The van der Waals surface area contributed by atoms with Crippen molar-refractivity contribution in [2.75, 3.05) is 0 Å². The Morgan fingerprint density at radius 3 is 2.92 bits per heavy atom. The SMILES string of the molecule is CCc1c2ccc3cc(ccc13)O2. The monoisotopic (exact) mass is 170 g/mol. The Morgan fingerprint density at radius 2 is 2.08 bits per heavy atom. The van der Waals surface area contributed by atoms with E-state index in [1.807, 2.05) is 6.07 Å². The van der Waals surface area contributed by atoms with E-state index in [1.54, 1.807) is 0 Å². The highest BCUT2D eigenvalue weighted by atomic mass is 16.5. The molecule has 2 aromatic carbocycles. The molecule has 3 heterocycles. The van der Waals surface area contributed by atoms with Gasteiger partial charge in [0.15, 0.2) is 0 Å². The lowest BCUT2D eigenvalue weighted by Gasteiger charge is -2.04. The maximum atomic E-state index is 5.72. The van der Waals surface area contributed by atoms with Crippen molar-refractivity contribution in [1.82, 2.24) is 0 Å². The quantitative estimate of drug-likeness (QED) is 0.543. The molecule has 0 saturated carbocycles. The Bertz CT molecular complexity index is 486. The topological polar surface area (TPSA) is 9.23 Å². The minimum Gasteiger partial charge on any atom is -0.457 e. The summed E-state index contributed by atoms with van der Waals surface area (Å²) < 4.78 is 5.72. The normalized spacial score (nSPS) is 12.4. The Balaban J connectivity index is 2.53. The summed E-state index contributed by atoms with van der Waals surface area (Å²) in [6.45, 7) is 2.17. The van der Waals surface area contributed by atoms with E-state index in [0.717, 1.165) is 17.9 Å². The molecule has 64 valence electrons. The number of aryl methyl sites for hydroxylation is 1. The van der Waals surface area contributed by atoms with Gasteiger partial charge in [0.1, 0.15) is 11.5 Å². The summed E-state index contributed by atoms with van der Waals surface area (Å²) in [5, 5.41) is 2.62. The van der Waals surface area contributed by atoms with Gasteiger partial charge in [-0.1, -0.05) is 19.1 Å². The second kappa shape index (κ2) is 2.25. The third-order valence-electron chi connectivity index (χ3n) is 2.64. The molecular weight excluding hydrogens is 160 g/mol. The van der Waals surface area contributed by atoms with E-state index in [-0.39, 0.29) is 0 Å². The third-order valence-corrected chi connectivity index (χ3v) is 2.64. The predicted molar refractivity (Wildman–Crippen MR) is 53.4 cm³/mol. The minimum atomic E-state index is 0.960. The Hall–Kier alpha value is -1.50. The predicted octanol–water partition coefficient (Wildman–Crippen LogP) is 3.51. The van der Waals surface area contributed by atoms with Crippen LogP contribution in [0.3, 0.4) is 0 Å². The fraction of sp³-hybridized carbons (Fsp3) is 0.167. The van der Waals surface area contributed by atoms with Crippen molar-refractivity contribution >= 4 is 10.8 Å². The van der Waals surface area contributed by atoms with Gasteiger partial charge < -0.3 is 4.74 Å². The van der Waals surface area contributed by atoms with Gasteiger partial charge in [-0.25, -0.2) is 0 Å². The van der Waals surface area contributed by atoms with Crippen LogP contribution in [-0.2, 0) is 6.42 Å². The first-order valence-corrected chi connectivity index (χ1v) is 4.62. The van der Waals surface area contributed by atoms with Crippen LogP contribution in [0.15, 0.2) is 30.3 Å². The van der Waals surface area contributed by atoms with Gasteiger partial charge in [0.2, 0.25) is 0 Å². The molecule has 0 N–H and O–H groups in total. The summed E-state index contributed by atoms with van der Waals surface area (Å²) in [5.74, 6) is 1.98. The van der Waals surface area contributed by atoms with E-state index in [9.17, 15) is 0 Å². The molecule has 0 atom stereocenters. The van der Waals surface area contributed by atoms with E-state index in [4.69, 9.17) is 4.74 Å². The molecule has 0 saturated heterocycles. The minimum absolute atomic E-state index is 0.960. The molecule has 4 bridgehead atoms. The number of hydrogen-bond acceptors (Lipinski definition) is 1. The van der Waals surface area contributed by atoms with Crippen LogP contribution in [-0.4, -0.2) is 0 Å². The highest BCUT2D eigenvalue weighted by Crippen LogP contribution is 2.37. The zero-order valence-corrected chi connectivity index (χ0v) is 7.50. The summed E-state index contributed by atoms with van der Waals surface area (Å²) >= 11 is 0. The fourth-order valence-corrected chi connectivity index (χ4v) is 2.00. The van der Waals surface area contributed by atoms with Gasteiger partial charge in [0.25, 0.3) is 0 Å². The molecule has 0 amide bonds. The maximum absolute atomic E-state index is 5.72. The van der Waals surface area contributed by atoms with Crippen molar-refractivity contribution in [1.29, 1.82) is 0 Å². The van der Waals surface area contributed by atoms with Crippen LogP contribution in [0.5, 0.6) is 11.5 Å². The van der Waals surface area contributed by atoms with E-state index in [1.165, 1.54) is 16.3 Å². The van der Waals surface area contributed by atoms with Crippen molar-refractivity contribution in [2.24, 2.45) is 0 Å². The van der Waals surface area contributed by atoms with Gasteiger partial charge in [0.05, 0.1) is 0 Å². The summed E-state index contributed by atoms with van der Waals surface area (Å²) in [6, 6.07) is 10.5. The number of fused-ring (bicyclic) bond motifs is 2. The molecule has 13 heavy (non-hydrogen) atoms. The van der Waals surface area contributed by atoms with Crippen molar-refractivity contribution in [3.05, 3.63) is 35.9 Å². The van der Waals surface area contributed by atoms with Crippen LogP contribution in [0.2, 0.25) is 0 Å². The van der Waals surface area contributed by atoms with E-state index in [2.05, 4.69) is 31.2 Å². The van der Waals surface area contributed by atoms with Gasteiger partial charge in [-0.3, -0.25) is 0 Å². The van der Waals surface area contributed by atoms with Crippen LogP contribution in [0.25, 0.3) is 10.8 Å². The smallest absolute Gasteiger partial charge is 0.131 e. The van der Waals surface area contributed by atoms with E-state index in [0.29, 0.717) is 0 Å². The second-order valence-corrected chi connectivity index (χ2v) is 3.38. The third kappa shape index (κ3) is 0.816.